The number of rotatable bonds is 6. The smallest absolute Gasteiger partial charge is 0.416 e. The van der Waals surface area contributed by atoms with E-state index in [2.05, 4.69) is 10.1 Å². The number of methoxy groups -OCH3 is 1. The lowest BCUT2D eigenvalue weighted by molar-refractivity contribution is -0.138. The van der Waals surface area contributed by atoms with E-state index < -0.39 is 11.7 Å². The summed E-state index contributed by atoms with van der Waals surface area (Å²) in [6, 6.07) is 11.0. The van der Waals surface area contributed by atoms with Crippen LogP contribution in [0.25, 0.3) is 11.4 Å². The number of aryl methyl sites for hydroxylation is 2. The van der Waals surface area contributed by atoms with Crippen LogP contribution in [-0.2, 0) is 19.0 Å². The van der Waals surface area contributed by atoms with Crippen molar-refractivity contribution in [1.82, 2.24) is 15.0 Å². The van der Waals surface area contributed by atoms with E-state index in [-0.39, 0.29) is 53.7 Å². The molecular weight excluding hydrogens is 471 g/mol. The Labute approximate surface area is 201 Å². The molecule has 1 atom stereocenters. The summed E-state index contributed by atoms with van der Waals surface area (Å²) in [5, 5.41) is 11.6. The maximum atomic E-state index is 13.8. The molecule has 2 aromatic carbocycles. The highest BCUT2D eigenvalue weighted by molar-refractivity contribution is 5.85. The summed E-state index contributed by atoms with van der Waals surface area (Å²) in [4.78, 5) is 5.95. The van der Waals surface area contributed by atoms with Gasteiger partial charge in [0.25, 0.3) is 0 Å². The SMILES string of the molecule is COc1ccc(CCc2ccc(-c3noc(C4CCCN4C(=N)N)n3)cc2C(F)(F)F)cc1.Cl. The fourth-order valence-corrected chi connectivity index (χ4v) is 4.07. The molecule has 4 rings (SSSR count). The normalized spacial score (nSPS) is 15.8. The lowest BCUT2D eigenvalue weighted by atomic mass is 9.97. The first-order chi connectivity index (χ1) is 15.8. The standard InChI is InChI=1S/C23H24F3N5O2.ClH/c1-32-17-10-5-14(6-11-17)4-7-15-8-9-16(13-18(15)23(24,25)26)20-29-21(33-30-20)19-3-2-12-31(19)22(27)28;/h5-6,8-11,13,19H,2-4,7,12H2,1H3,(H3,27,28);1H. The van der Waals surface area contributed by atoms with E-state index in [1.165, 1.54) is 6.07 Å². The lowest BCUT2D eigenvalue weighted by Crippen LogP contribution is -2.35. The molecule has 0 spiro atoms. The van der Waals surface area contributed by atoms with Gasteiger partial charge in [-0.25, -0.2) is 0 Å². The molecule has 0 radical (unpaired) electrons. The summed E-state index contributed by atoms with van der Waals surface area (Å²) in [5.41, 5.74) is 6.22. The predicted octanol–water partition coefficient (Wildman–Crippen LogP) is 5.00. The van der Waals surface area contributed by atoms with Crippen LogP contribution in [0.15, 0.2) is 47.0 Å². The molecule has 0 bridgehead atoms. The van der Waals surface area contributed by atoms with E-state index in [9.17, 15) is 13.2 Å². The number of alkyl halides is 3. The van der Waals surface area contributed by atoms with E-state index in [1.54, 1.807) is 30.2 Å². The van der Waals surface area contributed by atoms with Gasteiger partial charge >= 0.3 is 6.18 Å². The molecule has 182 valence electrons. The zero-order valence-corrected chi connectivity index (χ0v) is 19.2. The summed E-state index contributed by atoms with van der Waals surface area (Å²) in [6.07, 6.45) is -2.34. The van der Waals surface area contributed by atoms with Crippen LogP contribution in [0, 0.1) is 5.41 Å². The van der Waals surface area contributed by atoms with Crippen LogP contribution in [0.4, 0.5) is 13.2 Å². The third kappa shape index (κ3) is 5.44. The maximum Gasteiger partial charge on any atom is 0.416 e. The van der Waals surface area contributed by atoms with Gasteiger partial charge in [-0.15, -0.1) is 12.4 Å². The van der Waals surface area contributed by atoms with Gasteiger partial charge < -0.3 is 19.9 Å². The second-order valence-corrected chi connectivity index (χ2v) is 7.91. The molecule has 1 fully saturated rings. The molecule has 11 heteroatoms. The van der Waals surface area contributed by atoms with Crippen LogP contribution in [0.1, 0.15) is 41.5 Å². The van der Waals surface area contributed by atoms with Crippen molar-refractivity contribution < 1.29 is 22.4 Å². The molecule has 3 N–H and O–H groups in total. The molecular formula is C23H25ClF3N5O2. The van der Waals surface area contributed by atoms with Crippen LogP contribution in [0.3, 0.4) is 0 Å². The highest BCUT2D eigenvalue weighted by Gasteiger charge is 2.35. The molecule has 2 heterocycles. The number of halogens is 4. The molecule has 1 unspecified atom stereocenters. The molecule has 1 aromatic heterocycles. The van der Waals surface area contributed by atoms with Gasteiger partial charge in [-0.3, -0.25) is 5.41 Å². The highest BCUT2D eigenvalue weighted by Crippen LogP contribution is 2.36. The average Bonchev–Trinajstić information content (AvgIpc) is 3.47. The van der Waals surface area contributed by atoms with Gasteiger partial charge in [0.15, 0.2) is 5.96 Å². The van der Waals surface area contributed by atoms with Gasteiger partial charge in [0, 0.05) is 12.1 Å². The summed E-state index contributed by atoms with van der Waals surface area (Å²) >= 11 is 0. The number of nitrogens with two attached hydrogens (primary N) is 1. The first-order valence-electron chi connectivity index (χ1n) is 10.5. The minimum atomic E-state index is -4.52. The average molecular weight is 496 g/mol. The Morgan fingerprint density at radius 3 is 2.59 bits per heavy atom. The van der Waals surface area contributed by atoms with Gasteiger partial charge in [-0.1, -0.05) is 29.4 Å². The number of benzene rings is 2. The Bertz CT molecular complexity index is 1130. The first kappa shape index (κ1) is 25.4. The Morgan fingerprint density at radius 2 is 1.94 bits per heavy atom. The zero-order chi connectivity index (χ0) is 23.6. The number of hydrogen-bond acceptors (Lipinski definition) is 5. The van der Waals surface area contributed by atoms with E-state index in [0.717, 1.165) is 18.1 Å². The third-order valence-electron chi connectivity index (χ3n) is 5.80. The second kappa shape index (κ2) is 10.3. The number of guanidine groups is 1. The predicted molar refractivity (Wildman–Crippen MR) is 123 cm³/mol. The molecule has 34 heavy (non-hydrogen) atoms. The number of nitrogens with zero attached hydrogens (tertiary/aromatic N) is 3. The monoisotopic (exact) mass is 495 g/mol. The summed E-state index contributed by atoms with van der Waals surface area (Å²) < 4.78 is 51.9. The van der Waals surface area contributed by atoms with Crippen molar-refractivity contribution in [1.29, 1.82) is 5.41 Å². The Kier molecular flexibility index (Phi) is 7.71. The van der Waals surface area contributed by atoms with Crippen molar-refractivity contribution in [2.75, 3.05) is 13.7 Å². The van der Waals surface area contributed by atoms with Gasteiger partial charge in [0.1, 0.15) is 11.8 Å². The lowest BCUT2D eigenvalue weighted by Gasteiger charge is -2.21. The molecule has 1 aliphatic rings. The molecule has 1 aliphatic heterocycles. The quantitative estimate of drug-likeness (QED) is 0.368. The van der Waals surface area contributed by atoms with E-state index >= 15 is 0 Å². The van der Waals surface area contributed by atoms with Crippen LogP contribution >= 0.6 is 12.4 Å². The highest BCUT2D eigenvalue weighted by atomic mass is 35.5. The van der Waals surface area contributed by atoms with Crippen LogP contribution in [0.2, 0.25) is 0 Å². The van der Waals surface area contributed by atoms with Crippen LogP contribution < -0.4 is 10.5 Å². The number of ether oxygens (including phenoxy) is 1. The Hall–Kier alpha value is -3.27. The molecule has 0 saturated carbocycles. The minimum Gasteiger partial charge on any atom is -0.497 e. The number of likely N-dealkylation sites (tertiary alicyclic amines) is 1. The van der Waals surface area contributed by atoms with Gasteiger partial charge in [-0.2, -0.15) is 18.2 Å². The van der Waals surface area contributed by atoms with Gasteiger partial charge in [-0.05, 0) is 55.0 Å². The molecule has 1 saturated heterocycles. The van der Waals surface area contributed by atoms with E-state index in [1.807, 2.05) is 12.1 Å². The first-order valence-corrected chi connectivity index (χ1v) is 10.5. The van der Waals surface area contributed by atoms with Crippen LogP contribution in [-0.4, -0.2) is 34.7 Å². The van der Waals surface area contributed by atoms with Crippen molar-refractivity contribution in [2.45, 2.75) is 37.9 Å². The van der Waals surface area contributed by atoms with Gasteiger partial charge in [0.2, 0.25) is 11.7 Å². The second-order valence-electron chi connectivity index (χ2n) is 7.91. The van der Waals surface area contributed by atoms with Crippen molar-refractivity contribution in [3.05, 3.63) is 65.0 Å². The fourth-order valence-electron chi connectivity index (χ4n) is 4.07. The Morgan fingerprint density at radius 1 is 1.21 bits per heavy atom. The van der Waals surface area contributed by atoms with Crippen molar-refractivity contribution >= 4 is 18.4 Å². The van der Waals surface area contributed by atoms with Crippen molar-refractivity contribution in [3.63, 3.8) is 0 Å². The third-order valence-corrected chi connectivity index (χ3v) is 5.80. The van der Waals surface area contributed by atoms with Crippen molar-refractivity contribution in [2.24, 2.45) is 5.73 Å². The molecule has 7 nitrogen and oxygen atoms in total. The number of hydrogen-bond donors (Lipinski definition) is 2. The van der Waals surface area contributed by atoms with Gasteiger partial charge in [0.05, 0.1) is 12.7 Å². The maximum absolute atomic E-state index is 13.8. The fraction of sp³-hybridized carbons (Fsp3) is 0.348. The van der Waals surface area contributed by atoms with E-state index in [4.69, 9.17) is 20.4 Å². The summed E-state index contributed by atoms with van der Waals surface area (Å²) in [7, 11) is 1.56. The zero-order valence-electron chi connectivity index (χ0n) is 18.4. The topological polar surface area (TPSA) is 101 Å². The van der Waals surface area contributed by atoms with E-state index in [0.29, 0.717) is 25.1 Å². The minimum absolute atomic E-state index is 0. The number of nitrogens with one attached hydrogen (secondary N) is 1. The molecule has 0 aliphatic carbocycles. The molecule has 0 amide bonds. The van der Waals surface area contributed by atoms with Crippen LogP contribution in [0.5, 0.6) is 5.75 Å². The molecule has 3 aromatic rings. The Balaban J connectivity index is 0.00000324. The summed E-state index contributed by atoms with van der Waals surface area (Å²) in [6.45, 7) is 0.596. The number of aromatic nitrogens is 2. The summed E-state index contributed by atoms with van der Waals surface area (Å²) in [5.74, 6) is 0.919. The van der Waals surface area contributed by atoms with Crippen molar-refractivity contribution in [3.8, 4) is 17.1 Å². The largest absolute Gasteiger partial charge is 0.497 e.